The smallest absolute Gasteiger partial charge is 0.178 e. The molecule has 5 heteroatoms. The fraction of sp³-hybridized carbons (Fsp3) is 0.400. The summed E-state index contributed by atoms with van der Waals surface area (Å²) in [5, 5.41) is 0. The van der Waals surface area contributed by atoms with Gasteiger partial charge in [0.25, 0.3) is 0 Å². The Bertz CT molecular complexity index is 442. The van der Waals surface area contributed by atoms with Gasteiger partial charge < -0.3 is 5.73 Å². The SMILES string of the molecule is Cl.NCc1cccc2c1S(=O)(=O)CCC2. The Morgan fingerprint density at radius 3 is 2.73 bits per heavy atom. The normalized spacial score (nSPS) is 17.7. The van der Waals surface area contributed by atoms with Crippen LogP contribution in [0.1, 0.15) is 17.5 Å². The van der Waals surface area contributed by atoms with Gasteiger partial charge in [-0.1, -0.05) is 18.2 Å². The van der Waals surface area contributed by atoms with E-state index in [4.69, 9.17) is 5.73 Å². The molecule has 0 unspecified atom stereocenters. The number of hydrogen-bond donors (Lipinski definition) is 1. The highest BCUT2D eigenvalue weighted by molar-refractivity contribution is 7.91. The summed E-state index contributed by atoms with van der Waals surface area (Å²) >= 11 is 0. The maximum atomic E-state index is 11.8. The van der Waals surface area contributed by atoms with Crippen molar-refractivity contribution < 1.29 is 8.42 Å². The van der Waals surface area contributed by atoms with Crippen molar-refractivity contribution in [1.29, 1.82) is 0 Å². The standard InChI is InChI=1S/C10H13NO2S.ClH/c11-7-9-4-1-3-8-5-2-6-14(12,13)10(8)9;/h1,3-4H,2,5-7,11H2;1H. The zero-order valence-corrected chi connectivity index (χ0v) is 9.90. The summed E-state index contributed by atoms with van der Waals surface area (Å²) in [5.74, 6) is 0.261. The predicted octanol–water partition coefficient (Wildman–Crippen LogP) is 1.29. The van der Waals surface area contributed by atoms with Gasteiger partial charge in [-0.3, -0.25) is 0 Å². The van der Waals surface area contributed by atoms with Crippen molar-refractivity contribution in [2.75, 3.05) is 5.75 Å². The van der Waals surface area contributed by atoms with Crippen molar-refractivity contribution in [2.45, 2.75) is 24.3 Å². The monoisotopic (exact) mass is 247 g/mol. The van der Waals surface area contributed by atoms with Crippen LogP contribution in [0, 0.1) is 0 Å². The van der Waals surface area contributed by atoms with Crippen molar-refractivity contribution in [3.05, 3.63) is 29.3 Å². The Hall–Kier alpha value is -0.580. The Morgan fingerprint density at radius 1 is 1.33 bits per heavy atom. The molecule has 1 aromatic carbocycles. The van der Waals surface area contributed by atoms with Crippen molar-refractivity contribution in [2.24, 2.45) is 5.73 Å². The molecule has 1 heterocycles. The average molecular weight is 248 g/mol. The van der Waals surface area contributed by atoms with E-state index in [-0.39, 0.29) is 18.2 Å². The molecule has 0 saturated heterocycles. The third-order valence-corrected chi connectivity index (χ3v) is 4.54. The first-order chi connectivity index (χ1) is 6.65. The summed E-state index contributed by atoms with van der Waals surface area (Å²) in [5.41, 5.74) is 7.21. The second kappa shape index (κ2) is 4.51. The maximum absolute atomic E-state index is 11.8. The lowest BCUT2D eigenvalue weighted by molar-refractivity contribution is 0.585. The third kappa shape index (κ3) is 2.17. The Balaban J connectivity index is 0.00000112. The molecule has 2 N–H and O–H groups in total. The Morgan fingerprint density at radius 2 is 2.07 bits per heavy atom. The van der Waals surface area contributed by atoms with Crippen LogP contribution in [0.25, 0.3) is 0 Å². The minimum absolute atomic E-state index is 0. The van der Waals surface area contributed by atoms with E-state index in [1.54, 1.807) is 6.07 Å². The molecule has 1 aromatic rings. The highest BCUT2D eigenvalue weighted by Crippen LogP contribution is 2.27. The summed E-state index contributed by atoms with van der Waals surface area (Å²) in [4.78, 5) is 0.494. The molecular formula is C10H14ClNO2S. The minimum Gasteiger partial charge on any atom is -0.326 e. The van der Waals surface area contributed by atoms with E-state index in [0.717, 1.165) is 24.0 Å². The zero-order chi connectivity index (χ0) is 10.2. The summed E-state index contributed by atoms with van der Waals surface area (Å²) in [7, 11) is -3.06. The molecule has 3 nitrogen and oxygen atoms in total. The summed E-state index contributed by atoms with van der Waals surface area (Å²) in [6.07, 6.45) is 1.58. The van der Waals surface area contributed by atoms with E-state index >= 15 is 0 Å². The number of benzene rings is 1. The first kappa shape index (κ1) is 12.5. The molecule has 0 saturated carbocycles. The summed E-state index contributed by atoms with van der Waals surface area (Å²) < 4.78 is 23.6. The van der Waals surface area contributed by atoms with Crippen LogP contribution >= 0.6 is 12.4 Å². The van der Waals surface area contributed by atoms with Crippen LogP contribution < -0.4 is 5.73 Å². The van der Waals surface area contributed by atoms with Crippen molar-refractivity contribution >= 4 is 22.2 Å². The number of halogens is 1. The van der Waals surface area contributed by atoms with Gasteiger partial charge in [0.1, 0.15) is 0 Å². The van der Waals surface area contributed by atoms with E-state index in [1.807, 2.05) is 12.1 Å². The van der Waals surface area contributed by atoms with Gasteiger partial charge in [0.2, 0.25) is 0 Å². The molecule has 0 fully saturated rings. The number of hydrogen-bond acceptors (Lipinski definition) is 3. The molecule has 0 aliphatic carbocycles. The lowest BCUT2D eigenvalue weighted by Gasteiger charge is -2.18. The van der Waals surface area contributed by atoms with Crippen LogP contribution in [0.5, 0.6) is 0 Å². The lowest BCUT2D eigenvalue weighted by Crippen LogP contribution is -2.19. The number of sulfone groups is 1. The van der Waals surface area contributed by atoms with Crippen molar-refractivity contribution in [3.8, 4) is 0 Å². The molecule has 15 heavy (non-hydrogen) atoms. The highest BCUT2D eigenvalue weighted by Gasteiger charge is 2.25. The second-order valence-electron chi connectivity index (χ2n) is 3.53. The first-order valence-corrected chi connectivity index (χ1v) is 6.34. The quantitative estimate of drug-likeness (QED) is 0.814. The highest BCUT2D eigenvalue weighted by atomic mass is 35.5. The number of nitrogens with two attached hydrogens (primary N) is 1. The fourth-order valence-electron chi connectivity index (χ4n) is 1.95. The van der Waals surface area contributed by atoms with Gasteiger partial charge in [-0.25, -0.2) is 8.42 Å². The maximum Gasteiger partial charge on any atom is 0.178 e. The van der Waals surface area contributed by atoms with Gasteiger partial charge in [0, 0.05) is 6.54 Å². The van der Waals surface area contributed by atoms with Gasteiger partial charge in [-0.05, 0) is 24.0 Å². The van der Waals surface area contributed by atoms with Crippen LogP contribution in [0.3, 0.4) is 0 Å². The van der Waals surface area contributed by atoms with Crippen LogP contribution in [0.2, 0.25) is 0 Å². The molecule has 0 radical (unpaired) electrons. The topological polar surface area (TPSA) is 60.2 Å². The van der Waals surface area contributed by atoms with Crippen molar-refractivity contribution in [3.63, 3.8) is 0 Å². The van der Waals surface area contributed by atoms with Gasteiger partial charge in [-0.15, -0.1) is 12.4 Å². The van der Waals surface area contributed by atoms with Crippen LogP contribution in [0.15, 0.2) is 23.1 Å². The Labute approximate surface area is 96.0 Å². The first-order valence-electron chi connectivity index (χ1n) is 4.69. The van der Waals surface area contributed by atoms with Gasteiger partial charge in [0.15, 0.2) is 9.84 Å². The van der Waals surface area contributed by atoms with Gasteiger partial charge >= 0.3 is 0 Å². The largest absolute Gasteiger partial charge is 0.326 e. The van der Waals surface area contributed by atoms with E-state index in [0.29, 0.717) is 11.4 Å². The number of fused-ring (bicyclic) bond motifs is 1. The second-order valence-corrected chi connectivity index (χ2v) is 5.58. The molecule has 0 atom stereocenters. The Kier molecular flexibility index (Phi) is 3.76. The molecule has 0 bridgehead atoms. The van der Waals surface area contributed by atoms with Crippen LogP contribution in [-0.2, 0) is 22.8 Å². The van der Waals surface area contributed by atoms with Crippen LogP contribution in [-0.4, -0.2) is 14.2 Å². The predicted molar refractivity (Wildman–Crippen MR) is 62.0 cm³/mol. The van der Waals surface area contributed by atoms with Gasteiger partial charge in [0.05, 0.1) is 10.6 Å². The minimum atomic E-state index is -3.06. The van der Waals surface area contributed by atoms with E-state index in [9.17, 15) is 8.42 Å². The van der Waals surface area contributed by atoms with Crippen molar-refractivity contribution in [1.82, 2.24) is 0 Å². The number of rotatable bonds is 1. The molecule has 0 spiro atoms. The van der Waals surface area contributed by atoms with E-state index in [2.05, 4.69) is 0 Å². The van der Waals surface area contributed by atoms with E-state index < -0.39 is 9.84 Å². The fourth-order valence-corrected chi connectivity index (χ4v) is 3.80. The van der Waals surface area contributed by atoms with Crippen LogP contribution in [0.4, 0.5) is 0 Å². The average Bonchev–Trinajstić information content (AvgIpc) is 2.16. The zero-order valence-electron chi connectivity index (χ0n) is 8.27. The molecule has 0 aromatic heterocycles. The molecule has 1 aliphatic heterocycles. The molecule has 1 aliphatic rings. The molecule has 2 rings (SSSR count). The van der Waals surface area contributed by atoms with Gasteiger partial charge in [-0.2, -0.15) is 0 Å². The molecule has 84 valence electrons. The van der Waals surface area contributed by atoms with E-state index in [1.165, 1.54) is 0 Å². The third-order valence-electron chi connectivity index (χ3n) is 2.57. The number of aryl methyl sites for hydroxylation is 1. The summed E-state index contributed by atoms with van der Waals surface area (Å²) in [6, 6.07) is 5.55. The lowest BCUT2D eigenvalue weighted by atomic mass is 10.1. The molecule has 0 amide bonds. The molecular weight excluding hydrogens is 234 g/mol. The summed E-state index contributed by atoms with van der Waals surface area (Å²) in [6.45, 7) is 0.294.